The zero-order valence-corrected chi connectivity index (χ0v) is 14.1. The molecule has 0 fully saturated rings. The van der Waals surface area contributed by atoms with Gasteiger partial charge < -0.3 is 9.64 Å². The lowest BCUT2D eigenvalue weighted by Crippen LogP contribution is -2.44. The van der Waals surface area contributed by atoms with Crippen LogP contribution in [0.2, 0.25) is 0 Å². The minimum absolute atomic E-state index is 0.0736. The molecule has 3 rings (SSSR count). The number of rotatable bonds is 4. The van der Waals surface area contributed by atoms with Gasteiger partial charge in [-0.25, -0.2) is 0 Å². The van der Waals surface area contributed by atoms with Crippen molar-refractivity contribution in [1.82, 2.24) is 0 Å². The molecule has 0 aliphatic carbocycles. The van der Waals surface area contributed by atoms with Crippen LogP contribution in [0.4, 0.5) is 5.69 Å². The molecule has 0 spiro atoms. The van der Waals surface area contributed by atoms with Gasteiger partial charge in [-0.15, -0.1) is 0 Å². The first-order chi connectivity index (χ1) is 11.0. The van der Waals surface area contributed by atoms with E-state index >= 15 is 0 Å². The molecule has 0 N–H and O–H groups in total. The van der Waals surface area contributed by atoms with Gasteiger partial charge in [-0.05, 0) is 29.3 Å². The number of nitrogens with zero attached hydrogens (tertiary/aromatic N) is 1. The second kappa shape index (κ2) is 5.73. The Labute approximate surface area is 137 Å². The zero-order valence-electron chi connectivity index (χ0n) is 14.1. The molecule has 1 aliphatic heterocycles. The standard InChI is InChI=1S/C20H23NO2/c1-14(15-8-6-5-7-9-15)19-20(2,3)17-12-16(23-4)10-11-18(17)21(19)13-22/h5-14,19H,1-4H3. The zero-order chi connectivity index (χ0) is 16.6. The van der Waals surface area contributed by atoms with Crippen LogP contribution < -0.4 is 9.64 Å². The third kappa shape index (κ3) is 2.40. The van der Waals surface area contributed by atoms with E-state index in [0.29, 0.717) is 0 Å². The number of benzene rings is 2. The summed E-state index contributed by atoms with van der Waals surface area (Å²) < 4.78 is 5.38. The first-order valence-electron chi connectivity index (χ1n) is 7.97. The van der Waals surface area contributed by atoms with Gasteiger partial charge in [0.25, 0.3) is 0 Å². The van der Waals surface area contributed by atoms with E-state index in [-0.39, 0.29) is 17.4 Å². The molecule has 0 aromatic heterocycles. The summed E-state index contributed by atoms with van der Waals surface area (Å²) in [5.74, 6) is 1.06. The molecule has 0 bridgehead atoms. The number of anilines is 1. The fourth-order valence-electron chi connectivity index (χ4n) is 3.97. The molecule has 120 valence electrons. The van der Waals surface area contributed by atoms with Gasteiger partial charge in [0, 0.05) is 17.0 Å². The summed E-state index contributed by atoms with van der Waals surface area (Å²) in [4.78, 5) is 13.7. The van der Waals surface area contributed by atoms with Crippen molar-refractivity contribution in [2.24, 2.45) is 0 Å². The lowest BCUT2D eigenvalue weighted by molar-refractivity contribution is -0.108. The normalized spacial score (nSPS) is 20.0. The Bertz CT molecular complexity index is 709. The van der Waals surface area contributed by atoms with Crippen LogP contribution in [0.1, 0.15) is 37.8 Å². The van der Waals surface area contributed by atoms with E-state index in [1.807, 2.05) is 23.1 Å². The van der Waals surface area contributed by atoms with Gasteiger partial charge in [0.15, 0.2) is 0 Å². The highest BCUT2D eigenvalue weighted by atomic mass is 16.5. The minimum atomic E-state index is -0.153. The van der Waals surface area contributed by atoms with Crippen molar-refractivity contribution in [2.75, 3.05) is 12.0 Å². The maximum atomic E-state index is 11.9. The van der Waals surface area contributed by atoms with Crippen LogP contribution in [0.15, 0.2) is 48.5 Å². The molecule has 1 heterocycles. The van der Waals surface area contributed by atoms with E-state index in [4.69, 9.17) is 4.74 Å². The third-order valence-electron chi connectivity index (χ3n) is 5.13. The van der Waals surface area contributed by atoms with Gasteiger partial charge in [0.1, 0.15) is 5.75 Å². The summed E-state index contributed by atoms with van der Waals surface area (Å²) in [6.45, 7) is 6.61. The summed E-state index contributed by atoms with van der Waals surface area (Å²) in [6.07, 6.45) is 0.962. The van der Waals surface area contributed by atoms with Gasteiger partial charge >= 0.3 is 0 Å². The predicted molar refractivity (Wildman–Crippen MR) is 93.2 cm³/mol. The summed E-state index contributed by atoms with van der Waals surface area (Å²) >= 11 is 0. The SMILES string of the molecule is COc1ccc2c(c1)C(C)(C)C(C(C)c1ccccc1)N2C=O. The molecular weight excluding hydrogens is 286 g/mol. The Kier molecular flexibility index (Phi) is 3.88. The molecule has 1 amide bonds. The Morgan fingerprint density at radius 1 is 1.17 bits per heavy atom. The fourth-order valence-corrected chi connectivity index (χ4v) is 3.97. The minimum Gasteiger partial charge on any atom is -0.497 e. The smallest absolute Gasteiger partial charge is 0.214 e. The van der Waals surface area contributed by atoms with Crippen molar-refractivity contribution in [3.63, 3.8) is 0 Å². The highest BCUT2D eigenvalue weighted by molar-refractivity contribution is 5.83. The second-order valence-corrected chi connectivity index (χ2v) is 6.76. The molecular formula is C20H23NO2. The van der Waals surface area contributed by atoms with Gasteiger partial charge in [-0.2, -0.15) is 0 Å². The van der Waals surface area contributed by atoms with E-state index in [9.17, 15) is 4.79 Å². The lowest BCUT2D eigenvalue weighted by Gasteiger charge is -2.36. The number of ether oxygens (including phenoxy) is 1. The lowest BCUT2D eigenvalue weighted by atomic mass is 9.73. The maximum absolute atomic E-state index is 11.9. The van der Waals surface area contributed by atoms with Crippen molar-refractivity contribution < 1.29 is 9.53 Å². The molecule has 0 radical (unpaired) electrons. The van der Waals surface area contributed by atoms with Crippen molar-refractivity contribution in [3.8, 4) is 5.75 Å². The monoisotopic (exact) mass is 309 g/mol. The van der Waals surface area contributed by atoms with Crippen LogP contribution in [-0.2, 0) is 10.2 Å². The number of methoxy groups -OCH3 is 1. The summed E-state index contributed by atoms with van der Waals surface area (Å²) in [5.41, 5.74) is 3.24. The van der Waals surface area contributed by atoms with E-state index in [0.717, 1.165) is 23.4 Å². The summed E-state index contributed by atoms with van der Waals surface area (Å²) in [5, 5.41) is 0. The van der Waals surface area contributed by atoms with Crippen molar-refractivity contribution >= 4 is 12.1 Å². The number of hydrogen-bond donors (Lipinski definition) is 0. The van der Waals surface area contributed by atoms with Crippen LogP contribution in [-0.4, -0.2) is 19.6 Å². The largest absolute Gasteiger partial charge is 0.497 e. The van der Waals surface area contributed by atoms with Crippen LogP contribution in [0.25, 0.3) is 0 Å². The first kappa shape index (κ1) is 15.6. The van der Waals surface area contributed by atoms with E-state index in [1.165, 1.54) is 5.56 Å². The molecule has 0 saturated carbocycles. The molecule has 2 aromatic rings. The molecule has 0 saturated heterocycles. The van der Waals surface area contributed by atoms with Crippen molar-refractivity contribution in [3.05, 3.63) is 59.7 Å². The van der Waals surface area contributed by atoms with Crippen LogP contribution in [0.3, 0.4) is 0 Å². The topological polar surface area (TPSA) is 29.5 Å². The van der Waals surface area contributed by atoms with E-state index in [1.54, 1.807) is 7.11 Å². The average molecular weight is 309 g/mol. The first-order valence-corrected chi connectivity index (χ1v) is 7.97. The maximum Gasteiger partial charge on any atom is 0.214 e. The Balaban J connectivity index is 2.09. The average Bonchev–Trinajstić information content (AvgIpc) is 2.81. The van der Waals surface area contributed by atoms with Crippen molar-refractivity contribution in [1.29, 1.82) is 0 Å². The molecule has 23 heavy (non-hydrogen) atoms. The molecule has 2 unspecified atom stereocenters. The number of hydrogen-bond acceptors (Lipinski definition) is 2. The predicted octanol–water partition coefficient (Wildman–Crippen LogP) is 4.12. The molecule has 3 nitrogen and oxygen atoms in total. The van der Waals surface area contributed by atoms with Gasteiger partial charge in [0.05, 0.1) is 13.2 Å². The Morgan fingerprint density at radius 3 is 2.48 bits per heavy atom. The van der Waals surface area contributed by atoms with Gasteiger partial charge in [-0.3, -0.25) is 4.79 Å². The number of fused-ring (bicyclic) bond motifs is 1. The second-order valence-electron chi connectivity index (χ2n) is 6.76. The molecule has 2 aromatic carbocycles. The summed E-state index contributed by atoms with van der Waals surface area (Å²) in [6, 6.07) is 16.4. The van der Waals surface area contributed by atoms with Crippen LogP contribution >= 0.6 is 0 Å². The van der Waals surface area contributed by atoms with Gasteiger partial charge in [-0.1, -0.05) is 51.1 Å². The molecule has 1 aliphatic rings. The molecule has 3 heteroatoms. The van der Waals surface area contributed by atoms with Crippen LogP contribution in [0, 0.1) is 0 Å². The Hall–Kier alpha value is -2.29. The highest BCUT2D eigenvalue weighted by Gasteiger charge is 2.47. The van der Waals surface area contributed by atoms with Crippen molar-refractivity contribution in [2.45, 2.75) is 38.1 Å². The third-order valence-corrected chi connectivity index (χ3v) is 5.13. The highest BCUT2D eigenvalue weighted by Crippen LogP contribution is 2.50. The van der Waals surface area contributed by atoms with Crippen LogP contribution in [0.5, 0.6) is 5.75 Å². The summed E-state index contributed by atoms with van der Waals surface area (Å²) in [7, 11) is 1.67. The molecule has 2 atom stereocenters. The number of carbonyl (C=O) groups excluding carboxylic acids is 1. The number of amides is 1. The Morgan fingerprint density at radius 2 is 1.87 bits per heavy atom. The fraction of sp³-hybridized carbons (Fsp3) is 0.350. The van der Waals surface area contributed by atoms with E-state index < -0.39 is 0 Å². The van der Waals surface area contributed by atoms with E-state index in [2.05, 4.69) is 51.1 Å². The van der Waals surface area contributed by atoms with Gasteiger partial charge in [0.2, 0.25) is 6.41 Å². The quantitative estimate of drug-likeness (QED) is 0.795. The number of carbonyl (C=O) groups is 1.